The third-order valence-corrected chi connectivity index (χ3v) is 3.99. The van der Waals surface area contributed by atoms with Crippen LogP contribution in [-0.4, -0.2) is 32.3 Å². The summed E-state index contributed by atoms with van der Waals surface area (Å²) in [5.41, 5.74) is 1.71. The Morgan fingerprint density at radius 2 is 1.86 bits per heavy atom. The number of furan rings is 1. The summed E-state index contributed by atoms with van der Waals surface area (Å²) in [5.74, 6) is -0.291. The average Bonchev–Trinajstić information content (AvgIpc) is 3.02. The van der Waals surface area contributed by atoms with Crippen molar-refractivity contribution in [1.29, 1.82) is 0 Å². The number of esters is 2. The zero-order valence-electron chi connectivity index (χ0n) is 15.6. The summed E-state index contributed by atoms with van der Waals surface area (Å²) in [7, 11) is 1.53. The van der Waals surface area contributed by atoms with E-state index in [1.165, 1.54) is 13.2 Å². The normalized spacial score (nSPS) is 11.1. The minimum Gasteiger partial charge on any atom is -0.460 e. The highest BCUT2D eigenvalue weighted by Gasteiger charge is 2.20. The summed E-state index contributed by atoms with van der Waals surface area (Å²) in [4.78, 5) is 24.4. The number of aryl methyl sites for hydroxylation is 1. The zero-order chi connectivity index (χ0) is 19.9. The third-order valence-electron chi connectivity index (χ3n) is 3.99. The van der Waals surface area contributed by atoms with Crippen molar-refractivity contribution in [3.8, 4) is 5.75 Å². The highest BCUT2D eigenvalue weighted by Crippen LogP contribution is 2.29. The number of fused-ring (bicyclic) bond motifs is 1. The molecule has 0 saturated carbocycles. The van der Waals surface area contributed by atoms with Gasteiger partial charge in [-0.2, -0.15) is 0 Å². The molecular weight excluding hydrogens is 360 g/mol. The molecule has 0 unspecified atom stereocenters. The van der Waals surface area contributed by atoms with Crippen LogP contribution >= 0.6 is 0 Å². The van der Waals surface area contributed by atoms with E-state index in [0.717, 1.165) is 5.56 Å². The number of hydrogen-bond donors (Lipinski definition) is 0. The van der Waals surface area contributed by atoms with Crippen molar-refractivity contribution in [3.05, 3.63) is 71.5 Å². The second-order valence-electron chi connectivity index (χ2n) is 5.99. The molecule has 3 rings (SSSR count). The van der Waals surface area contributed by atoms with Crippen molar-refractivity contribution in [2.24, 2.45) is 0 Å². The Balaban J connectivity index is 1.77. The molecule has 0 amide bonds. The van der Waals surface area contributed by atoms with Gasteiger partial charge in [0.1, 0.15) is 29.3 Å². The first-order valence-electron chi connectivity index (χ1n) is 8.72. The standard InChI is InChI=1S/C22H20O6/c1-15-21(22(24)26-13-12-25-2)18-14-17(9-10-19(18)27-15)28-20(23)11-8-16-6-4-3-5-7-16/h3-11,14H,12-13H2,1-2H3. The fourth-order valence-electron chi connectivity index (χ4n) is 2.68. The van der Waals surface area contributed by atoms with Crippen LogP contribution in [0.25, 0.3) is 17.0 Å². The van der Waals surface area contributed by atoms with Crippen molar-refractivity contribution < 1.29 is 28.2 Å². The van der Waals surface area contributed by atoms with E-state index in [1.807, 2.05) is 30.3 Å². The number of rotatable bonds is 7. The molecule has 0 radical (unpaired) electrons. The van der Waals surface area contributed by atoms with Gasteiger partial charge in [-0.1, -0.05) is 30.3 Å². The lowest BCUT2D eigenvalue weighted by Gasteiger charge is -2.04. The van der Waals surface area contributed by atoms with Gasteiger partial charge in [-0.25, -0.2) is 9.59 Å². The van der Waals surface area contributed by atoms with Crippen LogP contribution in [0, 0.1) is 6.92 Å². The molecule has 1 heterocycles. The van der Waals surface area contributed by atoms with Crippen molar-refractivity contribution in [2.75, 3.05) is 20.3 Å². The van der Waals surface area contributed by atoms with Crippen LogP contribution in [0.15, 0.2) is 59.0 Å². The van der Waals surface area contributed by atoms with Gasteiger partial charge >= 0.3 is 11.9 Å². The summed E-state index contributed by atoms with van der Waals surface area (Å²) in [6.07, 6.45) is 3.02. The van der Waals surface area contributed by atoms with Crippen LogP contribution in [-0.2, 0) is 14.3 Å². The van der Waals surface area contributed by atoms with Crippen molar-refractivity contribution in [2.45, 2.75) is 6.92 Å². The molecule has 0 spiro atoms. The van der Waals surface area contributed by atoms with Crippen LogP contribution in [0.1, 0.15) is 21.7 Å². The smallest absolute Gasteiger partial charge is 0.342 e. The molecule has 3 aromatic rings. The lowest BCUT2D eigenvalue weighted by atomic mass is 10.1. The number of carbonyl (C=O) groups is 2. The van der Waals surface area contributed by atoms with E-state index >= 15 is 0 Å². The maximum atomic E-state index is 12.4. The molecule has 6 heteroatoms. The summed E-state index contributed by atoms with van der Waals surface area (Å²) in [6, 6.07) is 14.3. The van der Waals surface area contributed by atoms with Crippen molar-refractivity contribution in [3.63, 3.8) is 0 Å². The lowest BCUT2D eigenvalue weighted by molar-refractivity contribution is -0.128. The van der Waals surface area contributed by atoms with E-state index in [0.29, 0.717) is 34.6 Å². The first-order valence-corrected chi connectivity index (χ1v) is 8.72. The third kappa shape index (κ3) is 4.66. The molecule has 0 atom stereocenters. The van der Waals surface area contributed by atoms with Gasteiger partial charge < -0.3 is 18.6 Å². The quantitative estimate of drug-likeness (QED) is 0.265. The molecule has 0 bridgehead atoms. The van der Waals surface area contributed by atoms with E-state index < -0.39 is 11.9 Å². The van der Waals surface area contributed by atoms with Gasteiger partial charge in [0.2, 0.25) is 0 Å². The average molecular weight is 380 g/mol. The number of carbonyl (C=O) groups excluding carboxylic acids is 2. The van der Waals surface area contributed by atoms with Gasteiger partial charge in [-0.05, 0) is 36.8 Å². The largest absolute Gasteiger partial charge is 0.460 e. The van der Waals surface area contributed by atoms with Gasteiger partial charge in [0.05, 0.1) is 6.61 Å². The Morgan fingerprint density at radius 3 is 2.61 bits per heavy atom. The molecule has 28 heavy (non-hydrogen) atoms. The summed E-state index contributed by atoms with van der Waals surface area (Å²) in [6.45, 7) is 2.12. The minimum absolute atomic E-state index is 0.139. The molecule has 0 aliphatic carbocycles. The second-order valence-corrected chi connectivity index (χ2v) is 5.99. The van der Waals surface area contributed by atoms with E-state index in [2.05, 4.69) is 0 Å². The first kappa shape index (κ1) is 19.4. The monoisotopic (exact) mass is 380 g/mol. The van der Waals surface area contributed by atoms with Crippen LogP contribution in [0.2, 0.25) is 0 Å². The van der Waals surface area contributed by atoms with Gasteiger partial charge in [-0.3, -0.25) is 0 Å². The number of ether oxygens (including phenoxy) is 3. The molecule has 0 saturated heterocycles. The Kier molecular flexibility index (Phi) is 6.24. The maximum absolute atomic E-state index is 12.4. The lowest BCUT2D eigenvalue weighted by Crippen LogP contribution is -2.10. The van der Waals surface area contributed by atoms with Gasteiger partial charge in [0.25, 0.3) is 0 Å². The Morgan fingerprint density at radius 1 is 1.07 bits per heavy atom. The number of hydrogen-bond acceptors (Lipinski definition) is 6. The molecule has 6 nitrogen and oxygen atoms in total. The fourth-order valence-corrected chi connectivity index (χ4v) is 2.68. The molecule has 1 aromatic heterocycles. The van der Waals surface area contributed by atoms with Crippen LogP contribution in [0.4, 0.5) is 0 Å². The predicted octanol–water partition coefficient (Wildman–Crippen LogP) is 4.16. The Labute approximate surface area is 162 Å². The number of benzene rings is 2. The Hall–Kier alpha value is -3.38. The van der Waals surface area contributed by atoms with E-state index in [1.54, 1.807) is 31.2 Å². The van der Waals surface area contributed by atoms with Crippen LogP contribution in [0.5, 0.6) is 5.75 Å². The molecule has 0 aliphatic rings. The van der Waals surface area contributed by atoms with Crippen LogP contribution in [0.3, 0.4) is 0 Å². The topological polar surface area (TPSA) is 75.0 Å². The zero-order valence-corrected chi connectivity index (χ0v) is 15.6. The fraction of sp³-hybridized carbons (Fsp3) is 0.182. The van der Waals surface area contributed by atoms with E-state index in [9.17, 15) is 9.59 Å². The van der Waals surface area contributed by atoms with Gasteiger partial charge in [0.15, 0.2) is 0 Å². The maximum Gasteiger partial charge on any atom is 0.342 e. The van der Waals surface area contributed by atoms with E-state index in [-0.39, 0.29) is 6.61 Å². The van der Waals surface area contributed by atoms with Crippen molar-refractivity contribution in [1.82, 2.24) is 0 Å². The molecular formula is C22H20O6. The number of methoxy groups -OCH3 is 1. The summed E-state index contributed by atoms with van der Waals surface area (Å²) in [5, 5.41) is 0.525. The molecule has 0 aliphatic heterocycles. The first-order chi connectivity index (χ1) is 13.6. The van der Waals surface area contributed by atoms with Crippen molar-refractivity contribution >= 4 is 29.0 Å². The molecule has 0 N–H and O–H groups in total. The second kappa shape index (κ2) is 9.01. The minimum atomic E-state index is -0.521. The molecule has 0 fully saturated rings. The molecule has 2 aromatic carbocycles. The Bertz CT molecular complexity index is 1000. The highest BCUT2D eigenvalue weighted by atomic mass is 16.6. The van der Waals surface area contributed by atoms with Gasteiger partial charge in [0, 0.05) is 18.6 Å². The van der Waals surface area contributed by atoms with E-state index in [4.69, 9.17) is 18.6 Å². The molecule has 144 valence electrons. The highest BCUT2D eigenvalue weighted by molar-refractivity contribution is 6.05. The van der Waals surface area contributed by atoms with Crippen LogP contribution < -0.4 is 4.74 Å². The summed E-state index contributed by atoms with van der Waals surface area (Å²) >= 11 is 0. The SMILES string of the molecule is COCCOC(=O)c1c(C)oc2ccc(OC(=O)C=Cc3ccccc3)cc12. The predicted molar refractivity (Wildman–Crippen MR) is 104 cm³/mol. The summed E-state index contributed by atoms with van der Waals surface area (Å²) < 4.78 is 21.0. The van der Waals surface area contributed by atoms with Gasteiger partial charge in [-0.15, -0.1) is 0 Å².